The number of piperazine rings is 1. The van der Waals surface area contributed by atoms with Crippen molar-refractivity contribution in [3.8, 4) is 0 Å². The molecule has 2 fully saturated rings. The van der Waals surface area contributed by atoms with Gasteiger partial charge in [-0.05, 0) is 37.2 Å². The van der Waals surface area contributed by atoms with Gasteiger partial charge < -0.3 is 15.1 Å². The van der Waals surface area contributed by atoms with Crippen molar-refractivity contribution < 1.29 is 0 Å². The number of hydrogen-bond donors (Lipinski definition) is 2. The van der Waals surface area contributed by atoms with Crippen LogP contribution in [0.25, 0.3) is 0 Å². The molecule has 2 aliphatic heterocycles. The average Bonchev–Trinajstić information content (AvgIpc) is 2.49. The lowest BCUT2D eigenvalue weighted by molar-refractivity contribution is 0.553. The number of benzene rings is 1. The van der Waals surface area contributed by atoms with Gasteiger partial charge in [0.15, 0.2) is 0 Å². The van der Waals surface area contributed by atoms with Gasteiger partial charge in [0.05, 0.1) is 6.67 Å². The van der Waals surface area contributed by atoms with Crippen LogP contribution in [0.15, 0.2) is 24.3 Å². The van der Waals surface area contributed by atoms with Crippen LogP contribution in [0.1, 0.15) is 6.42 Å². The van der Waals surface area contributed by atoms with Crippen LogP contribution in [0.5, 0.6) is 0 Å². The van der Waals surface area contributed by atoms with Crippen LogP contribution in [0.3, 0.4) is 0 Å². The molecule has 2 N–H and O–H groups in total. The molecule has 2 aliphatic rings. The Morgan fingerprint density at radius 3 is 2.00 bits per heavy atom. The molecule has 98 valence electrons. The smallest absolute Gasteiger partial charge is 0.0682 e. The second kappa shape index (κ2) is 5.59. The molecule has 1 aromatic rings. The van der Waals surface area contributed by atoms with Crippen molar-refractivity contribution in [1.82, 2.24) is 10.6 Å². The third-order valence-corrected chi connectivity index (χ3v) is 3.78. The van der Waals surface area contributed by atoms with Crippen molar-refractivity contribution in [3.05, 3.63) is 24.3 Å². The maximum atomic E-state index is 3.42. The first-order valence-corrected chi connectivity index (χ1v) is 6.95. The molecule has 0 amide bonds. The summed E-state index contributed by atoms with van der Waals surface area (Å²) in [6.45, 7) is 7.72. The van der Waals surface area contributed by atoms with E-state index in [1.807, 2.05) is 0 Å². The second-order valence-corrected chi connectivity index (χ2v) is 5.03. The zero-order valence-electron chi connectivity index (χ0n) is 10.9. The fourth-order valence-electron chi connectivity index (χ4n) is 2.71. The lowest BCUT2D eigenvalue weighted by Crippen LogP contribution is -2.43. The Balaban J connectivity index is 1.67. The molecule has 0 aromatic heterocycles. The highest BCUT2D eigenvalue weighted by Crippen LogP contribution is 2.21. The first-order valence-electron chi connectivity index (χ1n) is 6.95. The minimum atomic E-state index is 0.979. The molecular weight excluding hydrogens is 224 g/mol. The van der Waals surface area contributed by atoms with Crippen molar-refractivity contribution in [1.29, 1.82) is 0 Å². The number of anilines is 2. The summed E-state index contributed by atoms with van der Waals surface area (Å²) in [5, 5.41) is 6.81. The van der Waals surface area contributed by atoms with Gasteiger partial charge in [0.2, 0.25) is 0 Å². The number of nitrogens with one attached hydrogen (secondary N) is 2. The van der Waals surface area contributed by atoms with E-state index in [4.69, 9.17) is 0 Å². The molecule has 1 aromatic carbocycles. The number of rotatable bonds is 2. The van der Waals surface area contributed by atoms with Crippen LogP contribution in [-0.4, -0.2) is 45.9 Å². The quantitative estimate of drug-likeness (QED) is 0.810. The van der Waals surface area contributed by atoms with E-state index in [1.165, 1.54) is 24.3 Å². The van der Waals surface area contributed by atoms with Crippen molar-refractivity contribution >= 4 is 11.4 Å². The van der Waals surface area contributed by atoms with Gasteiger partial charge in [-0.1, -0.05) is 0 Å². The van der Waals surface area contributed by atoms with E-state index < -0.39 is 0 Å². The Bertz CT molecular complexity index is 327. The maximum Gasteiger partial charge on any atom is 0.0682 e. The highest BCUT2D eigenvalue weighted by Gasteiger charge is 2.12. The van der Waals surface area contributed by atoms with E-state index in [0.717, 1.165) is 39.4 Å². The Hall–Kier alpha value is -1.26. The number of nitrogens with zero attached hydrogens (tertiary/aromatic N) is 2. The molecule has 2 heterocycles. The summed E-state index contributed by atoms with van der Waals surface area (Å²) in [6, 6.07) is 9.03. The SMILES string of the molecule is c1cc(N2CCCNC2)ccc1N1CCNCC1. The fourth-order valence-corrected chi connectivity index (χ4v) is 2.71. The first kappa shape index (κ1) is 11.8. The van der Waals surface area contributed by atoms with Crippen LogP contribution < -0.4 is 20.4 Å². The lowest BCUT2D eigenvalue weighted by atomic mass is 10.2. The van der Waals surface area contributed by atoms with Crippen molar-refractivity contribution in [2.45, 2.75) is 6.42 Å². The molecule has 4 heteroatoms. The summed E-state index contributed by atoms with van der Waals surface area (Å²) < 4.78 is 0. The predicted molar refractivity (Wildman–Crippen MR) is 76.4 cm³/mol. The Morgan fingerprint density at radius 1 is 0.722 bits per heavy atom. The molecule has 0 saturated carbocycles. The first-order chi connectivity index (χ1) is 8.93. The van der Waals surface area contributed by atoms with Gasteiger partial charge in [-0.3, -0.25) is 5.32 Å². The third-order valence-electron chi connectivity index (χ3n) is 3.78. The molecular formula is C14H22N4. The van der Waals surface area contributed by atoms with Crippen LogP contribution in [-0.2, 0) is 0 Å². The van der Waals surface area contributed by atoms with E-state index in [1.54, 1.807) is 0 Å². The normalized spacial score (nSPS) is 21.1. The zero-order chi connectivity index (χ0) is 12.2. The lowest BCUT2D eigenvalue weighted by Gasteiger charge is -2.32. The molecule has 4 nitrogen and oxygen atoms in total. The predicted octanol–water partition coefficient (Wildman–Crippen LogP) is 0.853. The fraction of sp³-hybridized carbons (Fsp3) is 0.571. The summed E-state index contributed by atoms with van der Waals surface area (Å²) in [6.07, 6.45) is 1.24. The molecule has 0 atom stereocenters. The monoisotopic (exact) mass is 246 g/mol. The van der Waals surface area contributed by atoms with Crippen LogP contribution in [0, 0.1) is 0 Å². The summed E-state index contributed by atoms with van der Waals surface area (Å²) in [5.74, 6) is 0. The van der Waals surface area contributed by atoms with Crippen molar-refractivity contribution in [2.75, 3.05) is 55.7 Å². The topological polar surface area (TPSA) is 30.5 Å². The number of hydrogen-bond acceptors (Lipinski definition) is 4. The van der Waals surface area contributed by atoms with E-state index in [2.05, 4.69) is 44.7 Å². The Kier molecular flexibility index (Phi) is 3.67. The Labute approximate surface area is 109 Å². The van der Waals surface area contributed by atoms with E-state index in [0.29, 0.717) is 0 Å². The molecule has 2 saturated heterocycles. The van der Waals surface area contributed by atoms with Gasteiger partial charge in [-0.15, -0.1) is 0 Å². The summed E-state index contributed by atoms with van der Waals surface area (Å²) in [5.41, 5.74) is 2.69. The summed E-state index contributed by atoms with van der Waals surface area (Å²) in [4.78, 5) is 4.86. The summed E-state index contributed by atoms with van der Waals surface area (Å²) >= 11 is 0. The highest BCUT2D eigenvalue weighted by molar-refractivity contribution is 5.56. The van der Waals surface area contributed by atoms with E-state index >= 15 is 0 Å². The largest absolute Gasteiger partial charge is 0.369 e. The van der Waals surface area contributed by atoms with E-state index in [-0.39, 0.29) is 0 Å². The van der Waals surface area contributed by atoms with E-state index in [9.17, 15) is 0 Å². The average molecular weight is 246 g/mol. The van der Waals surface area contributed by atoms with Gasteiger partial charge in [0.25, 0.3) is 0 Å². The van der Waals surface area contributed by atoms with Crippen molar-refractivity contribution in [3.63, 3.8) is 0 Å². The van der Waals surface area contributed by atoms with Crippen LogP contribution in [0.4, 0.5) is 11.4 Å². The molecule has 18 heavy (non-hydrogen) atoms. The highest BCUT2D eigenvalue weighted by atomic mass is 15.2. The van der Waals surface area contributed by atoms with Crippen LogP contribution in [0.2, 0.25) is 0 Å². The molecule has 0 aliphatic carbocycles. The minimum Gasteiger partial charge on any atom is -0.369 e. The van der Waals surface area contributed by atoms with Crippen molar-refractivity contribution in [2.24, 2.45) is 0 Å². The second-order valence-electron chi connectivity index (χ2n) is 5.03. The standard InChI is InChI=1S/C14H22N4/c1-6-16-12-18(9-1)14-4-2-13(3-5-14)17-10-7-15-8-11-17/h2-5,15-16H,1,6-12H2. The summed E-state index contributed by atoms with van der Waals surface area (Å²) in [7, 11) is 0. The molecule has 0 bridgehead atoms. The Morgan fingerprint density at radius 2 is 1.39 bits per heavy atom. The van der Waals surface area contributed by atoms with Gasteiger partial charge in [-0.25, -0.2) is 0 Å². The minimum absolute atomic E-state index is 0.979. The molecule has 0 spiro atoms. The molecule has 0 radical (unpaired) electrons. The molecule has 3 rings (SSSR count). The molecule has 0 unspecified atom stereocenters. The maximum absolute atomic E-state index is 3.42. The van der Waals surface area contributed by atoms with Gasteiger partial charge in [0, 0.05) is 44.1 Å². The van der Waals surface area contributed by atoms with Gasteiger partial charge in [0.1, 0.15) is 0 Å². The van der Waals surface area contributed by atoms with Gasteiger partial charge >= 0.3 is 0 Å². The third kappa shape index (κ3) is 2.60. The zero-order valence-corrected chi connectivity index (χ0v) is 10.9. The van der Waals surface area contributed by atoms with Crippen LogP contribution >= 0.6 is 0 Å². The van der Waals surface area contributed by atoms with Gasteiger partial charge in [-0.2, -0.15) is 0 Å².